The molecule has 1 aromatic carbocycles. The summed E-state index contributed by atoms with van der Waals surface area (Å²) in [6.45, 7) is 7.06. The third-order valence-electron chi connectivity index (χ3n) is 2.23. The summed E-state index contributed by atoms with van der Waals surface area (Å²) in [5, 5.41) is 2.60. The highest BCUT2D eigenvalue weighted by molar-refractivity contribution is 5.66. The van der Waals surface area contributed by atoms with Gasteiger partial charge in [0.2, 0.25) is 0 Å². The van der Waals surface area contributed by atoms with Gasteiger partial charge >= 0.3 is 6.09 Å². The average Bonchev–Trinajstić information content (AvgIpc) is 2.27. The maximum absolute atomic E-state index is 11.0. The second-order valence-electron chi connectivity index (χ2n) is 3.76. The van der Waals surface area contributed by atoms with E-state index in [1.807, 2.05) is 26.0 Å². The average molecular weight is 237 g/mol. The van der Waals surface area contributed by atoms with Crippen LogP contribution in [0.15, 0.2) is 18.2 Å². The van der Waals surface area contributed by atoms with Gasteiger partial charge in [-0.25, -0.2) is 4.79 Å². The summed E-state index contributed by atoms with van der Waals surface area (Å²) in [6, 6.07) is 6.00. The largest absolute Gasteiger partial charge is 0.491 e. The van der Waals surface area contributed by atoms with E-state index in [-0.39, 0.29) is 0 Å². The summed E-state index contributed by atoms with van der Waals surface area (Å²) >= 11 is 0. The molecule has 0 fully saturated rings. The molecule has 94 valence electrons. The Balaban J connectivity index is 2.29. The number of hydrogen-bond acceptors (Lipinski definition) is 3. The van der Waals surface area contributed by atoms with Crippen molar-refractivity contribution in [3.05, 3.63) is 29.3 Å². The van der Waals surface area contributed by atoms with E-state index in [9.17, 15) is 4.79 Å². The third kappa shape index (κ3) is 4.76. The Morgan fingerprint density at radius 3 is 2.76 bits per heavy atom. The van der Waals surface area contributed by atoms with Gasteiger partial charge in [0.25, 0.3) is 0 Å². The number of nitrogens with one attached hydrogen (secondary N) is 1. The number of ether oxygens (including phenoxy) is 2. The number of carbonyl (C=O) groups is 1. The number of aryl methyl sites for hydroxylation is 2. The van der Waals surface area contributed by atoms with Gasteiger partial charge in [-0.2, -0.15) is 0 Å². The molecule has 0 saturated carbocycles. The van der Waals surface area contributed by atoms with Crippen molar-refractivity contribution in [3.8, 4) is 5.75 Å². The van der Waals surface area contributed by atoms with Crippen LogP contribution < -0.4 is 10.1 Å². The van der Waals surface area contributed by atoms with Crippen molar-refractivity contribution in [1.82, 2.24) is 5.32 Å². The van der Waals surface area contributed by atoms with Crippen molar-refractivity contribution in [2.45, 2.75) is 20.8 Å². The quantitative estimate of drug-likeness (QED) is 0.800. The molecule has 1 aromatic rings. The van der Waals surface area contributed by atoms with Gasteiger partial charge in [-0.3, -0.25) is 0 Å². The first kappa shape index (κ1) is 13.4. The zero-order valence-corrected chi connectivity index (χ0v) is 10.6. The fraction of sp³-hybridized carbons (Fsp3) is 0.462. The van der Waals surface area contributed by atoms with Crippen molar-refractivity contribution < 1.29 is 14.3 Å². The zero-order valence-electron chi connectivity index (χ0n) is 10.6. The van der Waals surface area contributed by atoms with Crippen LogP contribution in [0, 0.1) is 13.8 Å². The molecule has 0 saturated heterocycles. The Hall–Kier alpha value is -1.71. The summed E-state index contributed by atoms with van der Waals surface area (Å²) in [5.74, 6) is 0.848. The van der Waals surface area contributed by atoms with Crippen molar-refractivity contribution in [2.75, 3.05) is 19.8 Å². The molecular weight excluding hydrogens is 218 g/mol. The molecule has 17 heavy (non-hydrogen) atoms. The Morgan fingerprint density at radius 2 is 2.12 bits per heavy atom. The monoisotopic (exact) mass is 237 g/mol. The second kappa shape index (κ2) is 6.78. The predicted octanol–water partition coefficient (Wildman–Crippen LogP) is 2.43. The van der Waals surface area contributed by atoms with Crippen LogP contribution in [0.2, 0.25) is 0 Å². The molecular formula is C13H19NO3. The second-order valence-corrected chi connectivity index (χ2v) is 3.76. The van der Waals surface area contributed by atoms with E-state index in [1.54, 1.807) is 6.92 Å². The van der Waals surface area contributed by atoms with Gasteiger partial charge < -0.3 is 14.8 Å². The minimum absolute atomic E-state index is 0.379. The molecule has 0 atom stereocenters. The molecule has 0 aromatic heterocycles. The zero-order chi connectivity index (χ0) is 12.7. The van der Waals surface area contributed by atoms with Gasteiger partial charge in [0, 0.05) is 0 Å². The maximum atomic E-state index is 11.0. The first-order valence-corrected chi connectivity index (χ1v) is 5.74. The van der Waals surface area contributed by atoms with E-state index < -0.39 is 6.09 Å². The van der Waals surface area contributed by atoms with E-state index in [1.165, 1.54) is 5.56 Å². The summed E-state index contributed by atoms with van der Waals surface area (Å²) in [5.41, 5.74) is 2.31. The Morgan fingerprint density at radius 1 is 1.35 bits per heavy atom. The molecule has 1 N–H and O–H groups in total. The molecule has 0 aliphatic carbocycles. The molecule has 0 heterocycles. The first-order chi connectivity index (χ1) is 8.13. The molecule has 0 bridgehead atoms. The van der Waals surface area contributed by atoms with Crippen LogP contribution in [0.1, 0.15) is 18.1 Å². The molecule has 0 spiro atoms. The molecule has 1 rings (SSSR count). The van der Waals surface area contributed by atoms with E-state index in [0.29, 0.717) is 19.8 Å². The molecule has 1 amide bonds. The number of alkyl carbamates (subject to hydrolysis) is 1. The van der Waals surface area contributed by atoms with Gasteiger partial charge in [0.1, 0.15) is 12.4 Å². The number of amides is 1. The van der Waals surface area contributed by atoms with Crippen molar-refractivity contribution in [2.24, 2.45) is 0 Å². The number of rotatable bonds is 5. The topological polar surface area (TPSA) is 47.6 Å². The molecule has 0 aliphatic rings. The van der Waals surface area contributed by atoms with Crippen LogP contribution in [-0.2, 0) is 4.74 Å². The van der Waals surface area contributed by atoms with Gasteiger partial charge in [0.05, 0.1) is 13.2 Å². The Labute approximate surface area is 102 Å². The van der Waals surface area contributed by atoms with Crippen LogP contribution in [0.3, 0.4) is 0 Å². The van der Waals surface area contributed by atoms with E-state index in [2.05, 4.69) is 11.4 Å². The summed E-state index contributed by atoms with van der Waals surface area (Å²) in [7, 11) is 0. The van der Waals surface area contributed by atoms with Crippen molar-refractivity contribution in [1.29, 1.82) is 0 Å². The third-order valence-corrected chi connectivity index (χ3v) is 2.23. The van der Waals surface area contributed by atoms with Gasteiger partial charge in [-0.1, -0.05) is 17.7 Å². The molecule has 0 aliphatic heterocycles. The van der Waals surface area contributed by atoms with E-state index in [0.717, 1.165) is 11.3 Å². The standard InChI is InChI=1S/C13H19NO3/c1-4-16-13(15)14-7-8-17-12-6-5-10(2)9-11(12)3/h5-6,9H,4,7-8H2,1-3H3,(H,14,15). The molecule has 4 nitrogen and oxygen atoms in total. The minimum atomic E-state index is -0.406. The number of carbonyl (C=O) groups excluding carboxylic acids is 1. The summed E-state index contributed by atoms with van der Waals surface area (Å²) in [6.07, 6.45) is -0.406. The van der Waals surface area contributed by atoms with Gasteiger partial charge in [-0.15, -0.1) is 0 Å². The first-order valence-electron chi connectivity index (χ1n) is 5.74. The highest BCUT2D eigenvalue weighted by Crippen LogP contribution is 2.18. The highest BCUT2D eigenvalue weighted by Gasteiger charge is 2.01. The normalized spacial score (nSPS) is 9.82. The van der Waals surface area contributed by atoms with Crippen LogP contribution in [0.4, 0.5) is 4.79 Å². The van der Waals surface area contributed by atoms with Crippen molar-refractivity contribution in [3.63, 3.8) is 0 Å². The van der Waals surface area contributed by atoms with Gasteiger partial charge in [-0.05, 0) is 32.4 Å². The van der Waals surface area contributed by atoms with Crippen LogP contribution in [-0.4, -0.2) is 25.9 Å². The molecule has 0 unspecified atom stereocenters. The van der Waals surface area contributed by atoms with Crippen LogP contribution in [0.5, 0.6) is 5.75 Å². The number of benzene rings is 1. The highest BCUT2D eigenvalue weighted by atomic mass is 16.5. The fourth-order valence-electron chi connectivity index (χ4n) is 1.46. The molecule has 4 heteroatoms. The lowest BCUT2D eigenvalue weighted by atomic mass is 10.1. The lowest BCUT2D eigenvalue weighted by Crippen LogP contribution is -2.28. The smallest absolute Gasteiger partial charge is 0.407 e. The Kier molecular flexibility index (Phi) is 5.33. The molecule has 0 radical (unpaired) electrons. The fourth-order valence-corrected chi connectivity index (χ4v) is 1.46. The van der Waals surface area contributed by atoms with Crippen LogP contribution in [0.25, 0.3) is 0 Å². The number of hydrogen-bond donors (Lipinski definition) is 1. The lowest BCUT2D eigenvalue weighted by Gasteiger charge is -2.10. The SMILES string of the molecule is CCOC(=O)NCCOc1ccc(C)cc1C. The van der Waals surface area contributed by atoms with Crippen molar-refractivity contribution >= 4 is 6.09 Å². The van der Waals surface area contributed by atoms with E-state index >= 15 is 0 Å². The maximum Gasteiger partial charge on any atom is 0.407 e. The van der Waals surface area contributed by atoms with Crippen LogP contribution >= 0.6 is 0 Å². The predicted molar refractivity (Wildman–Crippen MR) is 66.4 cm³/mol. The summed E-state index contributed by atoms with van der Waals surface area (Å²) < 4.78 is 10.3. The summed E-state index contributed by atoms with van der Waals surface area (Å²) in [4.78, 5) is 11.0. The lowest BCUT2D eigenvalue weighted by molar-refractivity contribution is 0.150. The van der Waals surface area contributed by atoms with Gasteiger partial charge in [0.15, 0.2) is 0 Å². The minimum Gasteiger partial charge on any atom is -0.491 e. The van der Waals surface area contributed by atoms with E-state index in [4.69, 9.17) is 9.47 Å². The Bertz CT molecular complexity index is 377.